The highest BCUT2D eigenvalue weighted by atomic mass is 16.6. The molecule has 2 atom stereocenters. The Balaban J connectivity index is 1.37. The van der Waals surface area contributed by atoms with Crippen LogP contribution >= 0.6 is 0 Å². The van der Waals surface area contributed by atoms with Crippen molar-refractivity contribution in [2.24, 2.45) is 5.92 Å². The van der Waals surface area contributed by atoms with Crippen molar-refractivity contribution in [2.45, 2.75) is 57.5 Å². The molecule has 0 aromatic rings. The molecule has 27 heavy (non-hydrogen) atoms. The summed E-state index contributed by atoms with van der Waals surface area (Å²) in [5, 5.41) is 0. The molecule has 4 rings (SSSR count). The minimum atomic E-state index is -0.192. The molecule has 6 nitrogen and oxygen atoms in total. The van der Waals surface area contributed by atoms with Gasteiger partial charge in [-0.25, -0.2) is 4.79 Å². The van der Waals surface area contributed by atoms with Gasteiger partial charge in [0.2, 0.25) is 5.91 Å². The zero-order valence-corrected chi connectivity index (χ0v) is 16.5. The largest absolute Gasteiger partial charge is 0.450 e. The first-order valence-corrected chi connectivity index (χ1v) is 10.4. The molecule has 3 fully saturated rings. The minimum Gasteiger partial charge on any atom is -0.450 e. The van der Waals surface area contributed by atoms with Crippen LogP contribution in [0.1, 0.15) is 46.0 Å². The fourth-order valence-electron chi connectivity index (χ4n) is 5.24. The van der Waals surface area contributed by atoms with Gasteiger partial charge in [-0.2, -0.15) is 0 Å². The smallest absolute Gasteiger partial charge is 0.409 e. The number of carbonyl (C=O) groups excluding carboxylic acids is 2. The summed E-state index contributed by atoms with van der Waals surface area (Å²) in [6.45, 7) is 7.99. The van der Waals surface area contributed by atoms with Gasteiger partial charge in [-0.1, -0.05) is 12.2 Å². The third-order valence-electron chi connectivity index (χ3n) is 6.78. The van der Waals surface area contributed by atoms with Crippen molar-refractivity contribution in [3.63, 3.8) is 0 Å². The lowest BCUT2D eigenvalue weighted by atomic mass is 9.92. The third kappa shape index (κ3) is 3.40. The van der Waals surface area contributed by atoms with Gasteiger partial charge in [0.25, 0.3) is 0 Å². The third-order valence-corrected chi connectivity index (χ3v) is 6.78. The first kappa shape index (κ1) is 18.5. The van der Waals surface area contributed by atoms with E-state index in [4.69, 9.17) is 4.74 Å². The van der Waals surface area contributed by atoms with Crippen LogP contribution in [-0.2, 0) is 9.53 Å². The Morgan fingerprint density at radius 3 is 2.81 bits per heavy atom. The summed E-state index contributed by atoms with van der Waals surface area (Å²) in [4.78, 5) is 31.1. The summed E-state index contributed by atoms with van der Waals surface area (Å²) < 4.78 is 5.17. The predicted octanol–water partition coefficient (Wildman–Crippen LogP) is 2.76. The number of nitrogens with zero attached hydrogens (tertiary/aromatic N) is 3. The predicted molar refractivity (Wildman–Crippen MR) is 103 cm³/mol. The number of ether oxygens (including phenoxy) is 1. The van der Waals surface area contributed by atoms with Gasteiger partial charge in [0.05, 0.1) is 6.61 Å². The van der Waals surface area contributed by atoms with Crippen LogP contribution in [0.4, 0.5) is 4.79 Å². The van der Waals surface area contributed by atoms with Gasteiger partial charge in [0.15, 0.2) is 0 Å². The zero-order chi connectivity index (χ0) is 19.0. The Labute approximate surface area is 161 Å². The molecule has 0 radical (unpaired) electrons. The Hall–Kier alpha value is -1.82. The summed E-state index contributed by atoms with van der Waals surface area (Å²) >= 11 is 0. The van der Waals surface area contributed by atoms with E-state index in [1.165, 1.54) is 5.70 Å². The lowest BCUT2D eigenvalue weighted by Gasteiger charge is -2.44. The highest BCUT2D eigenvalue weighted by Crippen LogP contribution is 2.39. The minimum absolute atomic E-state index is 0.0160. The molecule has 0 aromatic carbocycles. The van der Waals surface area contributed by atoms with Crippen molar-refractivity contribution in [1.82, 2.24) is 14.7 Å². The van der Waals surface area contributed by atoms with Gasteiger partial charge < -0.3 is 14.5 Å². The Morgan fingerprint density at radius 2 is 2.07 bits per heavy atom. The summed E-state index contributed by atoms with van der Waals surface area (Å²) in [5.41, 5.74) is 1.25. The number of hydrogen-bond acceptors (Lipinski definition) is 4. The van der Waals surface area contributed by atoms with Crippen LogP contribution in [0.3, 0.4) is 0 Å². The highest BCUT2D eigenvalue weighted by Gasteiger charge is 2.45. The second-order valence-corrected chi connectivity index (χ2v) is 8.51. The van der Waals surface area contributed by atoms with Gasteiger partial charge in [-0.15, -0.1) is 0 Å². The maximum Gasteiger partial charge on any atom is 0.409 e. The molecular weight excluding hydrogens is 342 g/mol. The molecule has 0 spiro atoms. The monoisotopic (exact) mass is 373 g/mol. The second-order valence-electron chi connectivity index (χ2n) is 8.51. The van der Waals surface area contributed by atoms with E-state index in [1.807, 2.05) is 11.8 Å². The quantitative estimate of drug-likeness (QED) is 0.763. The van der Waals surface area contributed by atoms with Crippen LogP contribution < -0.4 is 0 Å². The second kappa shape index (κ2) is 7.30. The lowest BCUT2D eigenvalue weighted by Crippen LogP contribution is -2.54. The van der Waals surface area contributed by atoms with E-state index in [9.17, 15) is 9.59 Å². The molecule has 4 aliphatic rings. The SMILES string of the molecule is CCOC(=O)N1CCC(C)(N2CCC(N3C(=O)CC4CC=CC=C43)CC2)C1. The number of likely N-dealkylation sites (tertiary alicyclic amines) is 3. The number of carbonyl (C=O) groups is 2. The normalized spacial score (nSPS) is 32.0. The van der Waals surface area contributed by atoms with Crippen LogP contribution in [0.25, 0.3) is 0 Å². The van der Waals surface area contributed by atoms with E-state index in [-0.39, 0.29) is 11.6 Å². The van der Waals surface area contributed by atoms with Crippen molar-refractivity contribution in [2.75, 3.05) is 32.8 Å². The fraction of sp³-hybridized carbons (Fsp3) is 0.714. The molecule has 0 aromatic heterocycles. The van der Waals surface area contributed by atoms with Crippen LogP contribution in [-0.4, -0.2) is 71.1 Å². The first-order chi connectivity index (χ1) is 13.0. The van der Waals surface area contributed by atoms with Crippen LogP contribution in [0.5, 0.6) is 0 Å². The average Bonchev–Trinajstić information content (AvgIpc) is 3.23. The Morgan fingerprint density at radius 1 is 1.30 bits per heavy atom. The van der Waals surface area contributed by atoms with E-state index < -0.39 is 0 Å². The summed E-state index contributed by atoms with van der Waals surface area (Å²) in [6, 6.07) is 0.322. The Kier molecular flexibility index (Phi) is 5.01. The van der Waals surface area contributed by atoms with Crippen molar-refractivity contribution in [1.29, 1.82) is 0 Å². The van der Waals surface area contributed by atoms with Gasteiger partial charge in [-0.3, -0.25) is 9.69 Å². The van der Waals surface area contributed by atoms with E-state index in [1.54, 1.807) is 0 Å². The first-order valence-electron chi connectivity index (χ1n) is 10.4. The molecule has 0 N–H and O–H groups in total. The number of piperidine rings is 1. The standard InChI is InChI=1S/C21H31N3O3/c1-3-27-20(26)22-13-10-21(2,15-22)23-11-8-17(9-12-23)24-18-7-5-4-6-16(18)14-19(24)25/h4-5,7,16-17H,3,6,8-15H2,1-2H3. The molecule has 6 heteroatoms. The molecule has 3 saturated heterocycles. The molecule has 2 unspecified atom stereocenters. The van der Waals surface area contributed by atoms with E-state index in [0.717, 1.165) is 51.9 Å². The van der Waals surface area contributed by atoms with E-state index in [0.29, 0.717) is 30.9 Å². The maximum atomic E-state index is 12.6. The fourth-order valence-corrected chi connectivity index (χ4v) is 5.24. The molecule has 3 heterocycles. The van der Waals surface area contributed by atoms with Crippen molar-refractivity contribution >= 4 is 12.0 Å². The average molecular weight is 373 g/mol. The summed E-state index contributed by atoms with van der Waals surface area (Å²) in [7, 11) is 0. The van der Waals surface area contributed by atoms with Crippen molar-refractivity contribution < 1.29 is 14.3 Å². The highest BCUT2D eigenvalue weighted by molar-refractivity contribution is 5.82. The number of amides is 2. The molecule has 0 saturated carbocycles. The Bertz CT molecular complexity index is 666. The summed E-state index contributed by atoms with van der Waals surface area (Å²) in [5.74, 6) is 0.694. The number of allylic oxidation sites excluding steroid dienone is 4. The van der Waals surface area contributed by atoms with Crippen LogP contribution in [0, 0.1) is 5.92 Å². The maximum absolute atomic E-state index is 12.6. The van der Waals surface area contributed by atoms with Gasteiger partial charge in [0, 0.05) is 55.8 Å². The van der Waals surface area contributed by atoms with Gasteiger partial charge >= 0.3 is 6.09 Å². The van der Waals surface area contributed by atoms with Crippen LogP contribution in [0.2, 0.25) is 0 Å². The van der Waals surface area contributed by atoms with Gasteiger partial charge in [0.1, 0.15) is 0 Å². The molecule has 0 bridgehead atoms. The zero-order valence-electron chi connectivity index (χ0n) is 16.5. The molecule has 3 aliphatic heterocycles. The van der Waals surface area contributed by atoms with Crippen molar-refractivity contribution in [3.8, 4) is 0 Å². The summed E-state index contributed by atoms with van der Waals surface area (Å²) in [6.07, 6.45) is 10.9. The molecular formula is C21H31N3O3. The molecule has 1 aliphatic carbocycles. The number of fused-ring (bicyclic) bond motifs is 1. The lowest BCUT2D eigenvalue weighted by molar-refractivity contribution is -0.129. The van der Waals surface area contributed by atoms with Crippen LogP contribution in [0.15, 0.2) is 23.9 Å². The number of hydrogen-bond donors (Lipinski definition) is 0. The molecule has 2 amide bonds. The van der Waals surface area contributed by atoms with Crippen molar-refractivity contribution in [3.05, 3.63) is 23.9 Å². The van der Waals surface area contributed by atoms with E-state index >= 15 is 0 Å². The molecule has 148 valence electrons. The topological polar surface area (TPSA) is 53.1 Å². The van der Waals surface area contributed by atoms with E-state index in [2.05, 4.69) is 35.0 Å². The van der Waals surface area contributed by atoms with Gasteiger partial charge in [-0.05, 0) is 45.6 Å². The number of rotatable bonds is 3.